The van der Waals surface area contributed by atoms with Gasteiger partial charge in [0.25, 0.3) is 5.91 Å². The number of methoxy groups -OCH3 is 2. The van der Waals surface area contributed by atoms with Crippen LogP contribution in [0.25, 0.3) is 0 Å². The largest absolute Gasteiger partial charge is 0.480 e. The van der Waals surface area contributed by atoms with E-state index < -0.39 is 41.7 Å². The van der Waals surface area contributed by atoms with Crippen LogP contribution in [0.1, 0.15) is 24.2 Å². The van der Waals surface area contributed by atoms with Crippen LogP contribution in [0.4, 0.5) is 5.69 Å². The average Bonchev–Trinajstić information content (AvgIpc) is 2.65. The minimum Gasteiger partial charge on any atom is -0.480 e. The molecule has 1 aromatic rings. The van der Waals surface area contributed by atoms with Gasteiger partial charge in [-0.15, -0.1) is 0 Å². The van der Waals surface area contributed by atoms with Crippen LogP contribution in [0.2, 0.25) is 0 Å². The van der Waals surface area contributed by atoms with Crippen molar-refractivity contribution in [3.05, 3.63) is 29.8 Å². The van der Waals surface area contributed by atoms with Gasteiger partial charge in [0.1, 0.15) is 6.04 Å². The second kappa shape index (κ2) is 10.0. The second-order valence-electron chi connectivity index (χ2n) is 5.93. The van der Waals surface area contributed by atoms with Gasteiger partial charge < -0.3 is 25.2 Å². The van der Waals surface area contributed by atoms with E-state index in [4.69, 9.17) is 0 Å². The number of carbonyl (C=O) groups excluding carboxylic acids is 4. The lowest BCUT2D eigenvalue weighted by molar-refractivity contribution is -0.162. The molecule has 0 aliphatic carbocycles. The molecule has 0 heterocycles. The van der Waals surface area contributed by atoms with Crippen LogP contribution in [0.5, 0.6) is 0 Å². The number of benzene rings is 1. The highest BCUT2D eigenvalue weighted by Gasteiger charge is 2.42. The van der Waals surface area contributed by atoms with Crippen molar-refractivity contribution in [2.45, 2.75) is 19.9 Å². The van der Waals surface area contributed by atoms with E-state index in [1.807, 2.05) is 0 Å². The van der Waals surface area contributed by atoms with E-state index in [-0.39, 0.29) is 11.5 Å². The smallest absolute Gasteiger partial charge is 0.326 e. The van der Waals surface area contributed by atoms with Crippen LogP contribution < -0.4 is 10.6 Å². The van der Waals surface area contributed by atoms with Gasteiger partial charge in [0.05, 0.1) is 14.2 Å². The summed E-state index contributed by atoms with van der Waals surface area (Å²) in [6.07, 6.45) is 0. The van der Waals surface area contributed by atoms with Crippen molar-refractivity contribution in [1.82, 2.24) is 5.32 Å². The third-order valence-corrected chi connectivity index (χ3v) is 3.98. The molecule has 152 valence electrons. The maximum absolute atomic E-state index is 12.4. The Bertz CT molecular complexity index is 743. The lowest BCUT2D eigenvalue weighted by Gasteiger charge is -2.26. The lowest BCUT2D eigenvalue weighted by Crippen LogP contribution is -2.50. The summed E-state index contributed by atoms with van der Waals surface area (Å²) < 4.78 is 9.08. The van der Waals surface area contributed by atoms with Gasteiger partial charge in [-0.3, -0.25) is 19.2 Å². The van der Waals surface area contributed by atoms with E-state index in [0.29, 0.717) is 5.69 Å². The minimum absolute atomic E-state index is 0.125. The molecule has 0 saturated carbocycles. The number of amides is 2. The van der Waals surface area contributed by atoms with Crippen molar-refractivity contribution >= 4 is 35.4 Å². The molecule has 10 heteroatoms. The summed E-state index contributed by atoms with van der Waals surface area (Å²) in [6.45, 7) is 2.65. The highest BCUT2D eigenvalue weighted by atomic mass is 16.5. The first kappa shape index (κ1) is 22.6. The molecule has 0 unspecified atom stereocenters. The number of esters is 2. The van der Waals surface area contributed by atoms with Gasteiger partial charge >= 0.3 is 17.9 Å². The summed E-state index contributed by atoms with van der Waals surface area (Å²) in [5, 5.41) is 14.3. The maximum atomic E-state index is 12.4. The number of carboxylic acid groups (broad SMARTS) is 1. The summed E-state index contributed by atoms with van der Waals surface area (Å²) in [5.74, 6) is -7.08. The van der Waals surface area contributed by atoms with Gasteiger partial charge in [-0.2, -0.15) is 0 Å². The Kier molecular flexibility index (Phi) is 8.11. The summed E-state index contributed by atoms with van der Waals surface area (Å²) in [6, 6.07) is 4.17. The summed E-state index contributed by atoms with van der Waals surface area (Å²) >= 11 is 0. The van der Waals surface area contributed by atoms with Crippen molar-refractivity contribution < 1.29 is 38.6 Å². The monoisotopic (exact) mass is 394 g/mol. The first-order chi connectivity index (χ1) is 13.1. The number of carbonyl (C=O) groups is 5. The fourth-order valence-corrected chi connectivity index (χ4v) is 2.52. The molecule has 0 saturated heterocycles. The molecular weight excluding hydrogens is 372 g/mol. The van der Waals surface area contributed by atoms with Crippen molar-refractivity contribution in [3.8, 4) is 0 Å². The van der Waals surface area contributed by atoms with E-state index in [1.165, 1.54) is 38.1 Å². The summed E-state index contributed by atoms with van der Waals surface area (Å²) in [7, 11) is 2.10. The van der Waals surface area contributed by atoms with Crippen LogP contribution in [0, 0.1) is 11.8 Å². The van der Waals surface area contributed by atoms with Crippen molar-refractivity contribution in [2.75, 3.05) is 19.5 Å². The molecule has 0 aliphatic rings. The Hall–Kier alpha value is -3.43. The van der Waals surface area contributed by atoms with Crippen molar-refractivity contribution in [1.29, 1.82) is 0 Å². The number of rotatable bonds is 8. The van der Waals surface area contributed by atoms with E-state index in [1.54, 1.807) is 0 Å². The van der Waals surface area contributed by atoms with Crippen molar-refractivity contribution in [3.63, 3.8) is 0 Å². The first-order valence-electron chi connectivity index (χ1n) is 8.19. The first-order valence-corrected chi connectivity index (χ1v) is 8.19. The van der Waals surface area contributed by atoms with Crippen LogP contribution in [-0.4, -0.2) is 55.1 Å². The fourth-order valence-electron chi connectivity index (χ4n) is 2.52. The van der Waals surface area contributed by atoms with Crippen LogP contribution in [-0.2, 0) is 28.7 Å². The second-order valence-corrected chi connectivity index (χ2v) is 5.93. The topological polar surface area (TPSA) is 148 Å². The quantitative estimate of drug-likeness (QED) is 0.424. The molecule has 1 rings (SSSR count). The molecule has 0 aliphatic heterocycles. The van der Waals surface area contributed by atoms with Gasteiger partial charge in [0, 0.05) is 24.1 Å². The zero-order chi connectivity index (χ0) is 21.4. The highest BCUT2D eigenvalue weighted by molar-refractivity contribution is 5.99. The number of carboxylic acids is 1. The predicted octanol–water partition coefficient (Wildman–Crippen LogP) is 0.426. The van der Waals surface area contributed by atoms with E-state index in [2.05, 4.69) is 20.1 Å². The maximum Gasteiger partial charge on any atom is 0.326 e. The molecule has 0 bridgehead atoms. The van der Waals surface area contributed by atoms with Gasteiger partial charge in [0.15, 0.2) is 5.92 Å². The third-order valence-electron chi connectivity index (χ3n) is 3.98. The average molecular weight is 394 g/mol. The fraction of sp³-hybridized carbons (Fsp3) is 0.389. The highest BCUT2D eigenvalue weighted by Crippen LogP contribution is 2.20. The molecule has 3 N–H and O–H groups in total. The summed E-state index contributed by atoms with van der Waals surface area (Å²) in [4.78, 5) is 58.9. The Morgan fingerprint density at radius 1 is 0.964 bits per heavy atom. The molecule has 1 aromatic carbocycles. The molecule has 10 nitrogen and oxygen atoms in total. The van der Waals surface area contributed by atoms with E-state index in [9.17, 15) is 29.1 Å². The molecule has 0 radical (unpaired) electrons. The number of hydrogen-bond acceptors (Lipinski definition) is 7. The number of anilines is 1. The Morgan fingerprint density at radius 3 is 1.86 bits per heavy atom. The summed E-state index contributed by atoms with van der Waals surface area (Å²) in [5.41, 5.74) is 0.587. The van der Waals surface area contributed by atoms with Gasteiger partial charge in [0.2, 0.25) is 5.91 Å². The number of nitrogens with one attached hydrogen (secondary N) is 2. The number of ether oxygens (including phenoxy) is 2. The Labute approximate surface area is 161 Å². The Morgan fingerprint density at radius 2 is 1.46 bits per heavy atom. The van der Waals surface area contributed by atoms with Crippen LogP contribution in [0.3, 0.4) is 0 Å². The molecule has 2 atom stereocenters. The molecule has 2 amide bonds. The minimum atomic E-state index is -1.56. The predicted molar refractivity (Wildman–Crippen MR) is 96.3 cm³/mol. The number of aliphatic carboxylic acids is 1. The number of hydrogen-bond donors (Lipinski definition) is 3. The van der Waals surface area contributed by atoms with Gasteiger partial charge in [-0.25, -0.2) is 4.79 Å². The molecule has 0 aromatic heterocycles. The molecular formula is C18H22N2O8. The van der Waals surface area contributed by atoms with E-state index >= 15 is 0 Å². The van der Waals surface area contributed by atoms with Crippen LogP contribution in [0.15, 0.2) is 24.3 Å². The molecule has 0 spiro atoms. The van der Waals surface area contributed by atoms with Gasteiger partial charge in [-0.05, 0) is 24.3 Å². The normalized spacial score (nSPS) is 12.5. The van der Waals surface area contributed by atoms with Gasteiger partial charge in [-0.1, -0.05) is 6.92 Å². The zero-order valence-corrected chi connectivity index (χ0v) is 15.8. The van der Waals surface area contributed by atoms with Crippen molar-refractivity contribution in [2.24, 2.45) is 11.8 Å². The molecule has 28 heavy (non-hydrogen) atoms. The standard InChI is InChI=1S/C18H22N2O8/c1-9(13(17(25)27-3)18(26)28-4)14(16(23)24)20-15(22)11-5-7-12(8-6-11)19-10(2)21/h5-9,13-14H,1-4H3,(H,19,21)(H,20,22)(H,23,24)/t9-,14-/m0/s1. The van der Waals surface area contributed by atoms with Crippen LogP contribution >= 0.6 is 0 Å². The van der Waals surface area contributed by atoms with E-state index in [0.717, 1.165) is 14.2 Å². The zero-order valence-electron chi connectivity index (χ0n) is 15.8. The Balaban J connectivity index is 3.03. The SMILES string of the molecule is COC(=O)C(C(=O)OC)[C@H](C)[C@H](NC(=O)c1ccc(NC(C)=O)cc1)C(=O)O. The molecule has 0 fully saturated rings. The third kappa shape index (κ3) is 5.79. The lowest BCUT2D eigenvalue weighted by atomic mass is 9.87.